The molecule has 6 nitrogen and oxygen atoms in total. The Hall–Kier alpha value is -2.64. The zero-order valence-electron chi connectivity index (χ0n) is 16.0. The molecule has 1 aliphatic heterocycles. The van der Waals surface area contributed by atoms with E-state index in [4.69, 9.17) is 25.8 Å². The highest BCUT2D eigenvalue weighted by Crippen LogP contribution is 2.37. The first-order chi connectivity index (χ1) is 14.0. The van der Waals surface area contributed by atoms with E-state index in [1.54, 1.807) is 49.6 Å². The number of halogens is 1. The summed E-state index contributed by atoms with van der Waals surface area (Å²) in [4.78, 5) is 26.5. The van der Waals surface area contributed by atoms with Gasteiger partial charge in [-0.2, -0.15) is 0 Å². The SMILES string of the molecule is CCOc1c(/C=C2\SC(=O)N(CCOc3ccc(Cl)cc3)C2=O)cccc1OC. The van der Waals surface area contributed by atoms with Gasteiger partial charge in [-0.25, -0.2) is 0 Å². The topological polar surface area (TPSA) is 65.1 Å². The lowest BCUT2D eigenvalue weighted by molar-refractivity contribution is -0.123. The van der Waals surface area contributed by atoms with Crippen molar-refractivity contribution in [2.75, 3.05) is 26.9 Å². The Balaban J connectivity index is 1.71. The van der Waals surface area contributed by atoms with Gasteiger partial charge in [0.15, 0.2) is 11.5 Å². The lowest BCUT2D eigenvalue weighted by Crippen LogP contribution is -2.32. The van der Waals surface area contributed by atoms with Crippen LogP contribution in [0.1, 0.15) is 12.5 Å². The van der Waals surface area contributed by atoms with Crippen LogP contribution >= 0.6 is 23.4 Å². The molecule has 0 saturated carbocycles. The van der Waals surface area contributed by atoms with E-state index in [2.05, 4.69) is 0 Å². The number of benzene rings is 2. The Bertz CT molecular complexity index is 929. The fraction of sp³-hybridized carbons (Fsp3) is 0.238. The number of thioether (sulfide) groups is 1. The minimum Gasteiger partial charge on any atom is -0.493 e. The van der Waals surface area contributed by atoms with Crippen molar-refractivity contribution in [2.45, 2.75) is 6.92 Å². The Labute approximate surface area is 178 Å². The summed E-state index contributed by atoms with van der Waals surface area (Å²) >= 11 is 6.74. The van der Waals surface area contributed by atoms with Crippen molar-refractivity contribution in [1.82, 2.24) is 4.90 Å². The van der Waals surface area contributed by atoms with Crippen LogP contribution in [0, 0.1) is 0 Å². The maximum Gasteiger partial charge on any atom is 0.293 e. The lowest BCUT2D eigenvalue weighted by atomic mass is 10.1. The highest BCUT2D eigenvalue weighted by molar-refractivity contribution is 8.18. The minimum absolute atomic E-state index is 0.154. The molecule has 0 spiro atoms. The average molecular weight is 434 g/mol. The summed E-state index contributed by atoms with van der Waals surface area (Å²) in [7, 11) is 1.55. The average Bonchev–Trinajstić information content (AvgIpc) is 2.98. The van der Waals surface area contributed by atoms with Crippen molar-refractivity contribution in [1.29, 1.82) is 0 Å². The van der Waals surface area contributed by atoms with Crippen LogP contribution < -0.4 is 14.2 Å². The van der Waals surface area contributed by atoms with Gasteiger partial charge in [0.2, 0.25) is 0 Å². The van der Waals surface area contributed by atoms with Crippen molar-refractivity contribution in [3.05, 3.63) is 58.0 Å². The van der Waals surface area contributed by atoms with Gasteiger partial charge in [-0.05, 0) is 55.1 Å². The third-order valence-corrected chi connectivity index (χ3v) is 5.23. The first-order valence-electron chi connectivity index (χ1n) is 8.97. The standard InChI is InChI=1S/C21H20ClNO5S/c1-3-27-19-14(5-4-6-17(19)26-2)13-18-20(24)23(21(25)29-18)11-12-28-16-9-7-15(22)8-10-16/h4-10,13H,3,11-12H2,1-2H3/b18-13-. The van der Waals surface area contributed by atoms with Crippen LogP contribution in [0.4, 0.5) is 4.79 Å². The largest absolute Gasteiger partial charge is 0.493 e. The number of imide groups is 1. The second-order valence-electron chi connectivity index (χ2n) is 5.95. The predicted octanol–water partition coefficient (Wildman–Crippen LogP) is 4.86. The molecule has 2 amide bonds. The molecule has 0 unspecified atom stereocenters. The fourth-order valence-electron chi connectivity index (χ4n) is 2.73. The number of hydrogen-bond donors (Lipinski definition) is 0. The third kappa shape index (κ3) is 5.05. The quantitative estimate of drug-likeness (QED) is 0.554. The maximum absolute atomic E-state index is 12.7. The number of methoxy groups -OCH3 is 1. The highest BCUT2D eigenvalue weighted by Gasteiger charge is 2.35. The molecule has 2 aromatic carbocycles. The van der Waals surface area contributed by atoms with Crippen LogP contribution in [0.15, 0.2) is 47.4 Å². The second-order valence-corrected chi connectivity index (χ2v) is 7.38. The van der Waals surface area contributed by atoms with E-state index in [0.29, 0.717) is 39.3 Å². The zero-order chi connectivity index (χ0) is 20.8. The van der Waals surface area contributed by atoms with E-state index >= 15 is 0 Å². The molecule has 1 fully saturated rings. The molecule has 0 radical (unpaired) electrons. The van der Waals surface area contributed by atoms with E-state index in [9.17, 15) is 9.59 Å². The van der Waals surface area contributed by atoms with Gasteiger partial charge in [0.1, 0.15) is 12.4 Å². The number of carbonyl (C=O) groups excluding carboxylic acids is 2. The molecular weight excluding hydrogens is 414 g/mol. The van der Waals surface area contributed by atoms with Gasteiger partial charge in [-0.3, -0.25) is 14.5 Å². The molecule has 0 aliphatic carbocycles. The molecule has 8 heteroatoms. The maximum atomic E-state index is 12.7. The normalized spacial score (nSPS) is 15.1. The number of carbonyl (C=O) groups is 2. The van der Waals surface area contributed by atoms with Crippen LogP contribution in [0.2, 0.25) is 5.02 Å². The molecule has 0 atom stereocenters. The van der Waals surface area contributed by atoms with E-state index in [1.165, 1.54) is 4.90 Å². The molecule has 0 N–H and O–H groups in total. The molecular formula is C21H20ClNO5S. The summed E-state index contributed by atoms with van der Waals surface area (Å²) < 4.78 is 16.6. The van der Waals surface area contributed by atoms with Gasteiger partial charge in [-0.15, -0.1) is 0 Å². The van der Waals surface area contributed by atoms with Gasteiger partial charge >= 0.3 is 0 Å². The summed E-state index contributed by atoms with van der Waals surface area (Å²) in [5.41, 5.74) is 0.675. The molecule has 1 saturated heterocycles. The van der Waals surface area contributed by atoms with Crippen molar-refractivity contribution >= 4 is 40.6 Å². The van der Waals surface area contributed by atoms with Crippen LogP contribution in [0.25, 0.3) is 6.08 Å². The number of hydrogen-bond acceptors (Lipinski definition) is 6. The van der Waals surface area contributed by atoms with Gasteiger partial charge in [-0.1, -0.05) is 23.7 Å². The Kier molecular flexibility index (Phi) is 7.06. The monoisotopic (exact) mass is 433 g/mol. The smallest absolute Gasteiger partial charge is 0.293 e. The van der Waals surface area contributed by atoms with Gasteiger partial charge in [0, 0.05) is 10.6 Å². The van der Waals surface area contributed by atoms with E-state index in [0.717, 1.165) is 11.8 Å². The molecule has 152 valence electrons. The molecule has 2 aromatic rings. The van der Waals surface area contributed by atoms with E-state index in [1.807, 2.05) is 13.0 Å². The number of rotatable bonds is 8. The zero-order valence-corrected chi connectivity index (χ0v) is 17.6. The lowest BCUT2D eigenvalue weighted by Gasteiger charge is -2.13. The third-order valence-electron chi connectivity index (χ3n) is 4.08. The van der Waals surface area contributed by atoms with E-state index in [-0.39, 0.29) is 24.3 Å². The van der Waals surface area contributed by atoms with Gasteiger partial charge in [0.25, 0.3) is 11.1 Å². The summed E-state index contributed by atoms with van der Waals surface area (Å²) in [5.74, 6) is 1.37. The molecule has 0 bridgehead atoms. The number of ether oxygens (including phenoxy) is 3. The Morgan fingerprint density at radius 3 is 2.55 bits per heavy atom. The fourth-order valence-corrected chi connectivity index (χ4v) is 3.71. The van der Waals surface area contributed by atoms with E-state index < -0.39 is 0 Å². The minimum atomic E-state index is -0.357. The first kappa shape index (κ1) is 21.1. The molecule has 1 aliphatic rings. The van der Waals surface area contributed by atoms with Gasteiger partial charge in [0.05, 0.1) is 25.2 Å². The Morgan fingerprint density at radius 1 is 1.10 bits per heavy atom. The van der Waals surface area contributed by atoms with Gasteiger partial charge < -0.3 is 14.2 Å². The van der Waals surface area contributed by atoms with Crippen molar-refractivity contribution in [3.8, 4) is 17.2 Å². The summed E-state index contributed by atoms with van der Waals surface area (Å²) in [6.45, 7) is 2.66. The summed E-state index contributed by atoms with van der Waals surface area (Å²) in [6, 6.07) is 12.3. The van der Waals surface area contributed by atoms with Crippen molar-refractivity contribution < 1.29 is 23.8 Å². The van der Waals surface area contributed by atoms with Crippen LogP contribution in [0.3, 0.4) is 0 Å². The summed E-state index contributed by atoms with van der Waals surface area (Å²) in [6.07, 6.45) is 1.65. The summed E-state index contributed by atoms with van der Waals surface area (Å²) in [5, 5.41) is 0.277. The molecule has 3 rings (SSSR count). The van der Waals surface area contributed by atoms with Crippen molar-refractivity contribution in [3.63, 3.8) is 0 Å². The number of para-hydroxylation sites is 1. The highest BCUT2D eigenvalue weighted by atomic mass is 35.5. The van der Waals surface area contributed by atoms with Crippen LogP contribution in [-0.4, -0.2) is 42.9 Å². The number of amides is 2. The predicted molar refractivity (Wildman–Crippen MR) is 114 cm³/mol. The Morgan fingerprint density at radius 2 is 1.86 bits per heavy atom. The molecule has 1 heterocycles. The molecule has 29 heavy (non-hydrogen) atoms. The van der Waals surface area contributed by atoms with Crippen LogP contribution in [0.5, 0.6) is 17.2 Å². The molecule has 0 aromatic heterocycles. The number of nitrogens with zero attached hydrogens (tertiary/aromatic N) is 1. The first-order valence-corrected chi connectivity index (χ1v) is 10.2. The van der Waals surface area contributed by atoms with Crippen LogP contribution in [-0.2, 0) is 4.79 Å². The second kappa shape index (κ2) is 9.71. The van der Waals surface area contributed by atoms with Crippen molar-refractivity contribution in [2.24, 2.45) is 0 Å².